The molecule has 5 heteroatoms. The van der Waals surface area contributed by atoms with Gasteiger partial charge in [-0.15, -0.1) is 0 Å². The molecule has 1 aromatic carbocycles. The maximum Gasteiger partial charge on any atom is 0.244 e. The maximum atomic E-state index is 11.7. The number of amides is 1. The summed E-state index contributed by atoms with van der Waals surface area (Å²) in [5, 5.41) is 3.12. The van der Waals surface area contributed by atoms with E-state index < -0.39 is 0 Å². The van der Waals surface area contributed by atoms with Crippen LogP contribution in [0.2, 0.25) is 0 Å². The van der Waals surface area contributed by atoms with E-state index in [1.165, 1.54) is 0 Å². The van der Waals surface area contributed by atoms with Gasteiger partial charge in [0.2, 0.25) is 5.91 Å². The lowest BCUT2D eigenvalue weighted by Gasteiger charge is -2.19. The predicted octanol–water partition coefficient (Wildman–Crippen LogP) is 1.56. The molecule has 1 atom stereocenters. The summed E-state index contributed by atoms with van der Waals surface area (Å²) in [5.74, 6) is 0.650. The molecule has 0 heterocycles. The summed E-state index contributed by atoms with van der Waals surface area (Å²) in [7, 11) is 3.46. The van der Waals surface area contributed by atoms with Crippen LogP contribution in [-0.2, 0) is 4.79 Å². The van der Waals surface area contributed by atoms with E-state index in [-0.39, 0.29) is 11.9 Å². The molecular weight excluding hydrogens is 230 g/mol. The number of likely N-dealkylation sites (N-methyl/N-ethyl adjacent to an activating group) is 1. The Labute approximate surface area is 108 Å². The Hall–Kier alpha value is -1.91. The highest BCUT2D eigenvalue weighted by Gasteiger charge is 2.14. The van der Waals surface area contributed by atoms with E-state index in [4.69, 9.17) is 10.5 Å². The molecule has 1 unspecified atom stereocenters. The van der Waals surface area contributed by atoms with Crippen molar-refractivity contribution >= 4 is 17.3 Å². The van der Waals surface area contributed by atoms with Gasteiger partial charge in [0.1, 0.15) is 11.8 Å². The molecule has 0 spiro atoms. The Kier molecular flexibility index (Phi) is 4.83. The largest absolute Gasteiger partial charge is 0.492 e. The van der Waals surface area contributed by atoms with Crippen LogP contribution >= 0.6 is 0 Å². The van der Waals surface area contributed by atoms with Crippen LogP contribution in [0.15, 0.2) is 18.2 Å². The second kappa shape index (κ2) is 6.14. The molecule has 0 aliphatic rings. The van der Waals surface area contributed by atoms with E-state index in [2.05, 4.69) is 5.32 Å². The van der Waals surface area contributed by atoms with E-state index >= 15 is 0 Å². The summed E-state index contributed by atoms with van der Waals surface area (Å²) in [4.78, 5) is 13.3. The molecule has 3 N–H and O–H groups in total. The summed E-state index contributed by atoms with van der Waals surface area (Å²) < 4.78 is 5.41. The molecule has 0 bridgehead atoms. The first kappa shape index (κ1) is 14.2. The molecule has 0 aromatic heterocycles. The van der Waals surface area contributed by atoms with Crippen LogP contribution in [0.1, 0.15) is 13.8 Å². The summed E-state index contributed by atoms with van der Waals surface area (Å²) in [5.41, 5.74) is 7.19. The van der Waals surface area contributed by atoms with E-state index in [9.17, 15) is 4.79 Å². The van der Waals surface area contributed by atoms with Gasteiger partial charge in [0, 0.05) is 25.8 Å². The lowest BCUT2D eigenvalue weighted by molar-refractivity contribution is -0.129. The summed E-state index contributed by atoms with van der Waals surface area (Å²) in [6.07, 6.45) is 0. The van der Waals surface area contributed by atoms with Crippen LogP contribution in [0.3, 0.4) is 0 Å². The highest BCUT2D eigenvalue weighted by molar-refractivity contribution is 5.84. The van der Waals surface area contributed by atoms with Gasteiger partial charge >= 0.3 is 0 Å². The molecular formula is C13H21N3O2. The highest BCUT2D eigenvalue weighted by Crippen LogP contribution is 2.25. The SMILES string of the molecule is CCOc1cc(NC(C)C(=O)N(C)C)ccc1N. The standard InChI is InChI=1S/C13H21N3O2/c1-5-18-12-8-10(6-7-11(12)14)15-9(2)13(17)16(3)4/h6-9,15H,5,14H2,1-4H3. The normalized spacial score (nSPS) is 11.8. The molecule has 1 aromatic rings. The van der Waals surface area contributed by atoms with E-state index in [1.54, 1.807) is 31.1 Å². The molecule has 0 saturated heterocycles. The third-order valence-electron chi connectivity index (χ3n) is 2.51. The van der Waals surface area contributed by atoms with Crippen molar-refractivity contribution in [1.82, 2.24) is 4.90 Å². The number of carbonyl (C=O) groups is 1. The number of carbonyl (C=O) groups excluding carboxylic acids is 1. The molecule has 0 fully saturated rings. The van der Waals surface area contributed by atoms with Crippen molar-refractivity contribution in [2.24, 2.45) is 0 Å². The van der Waals surface area contributed by atoms with Crippen molar-refractivity contribution in [1.29, 1.82) is 0 Å². The number of hydrogen-bond acceptors (Lipinski definition) is 4. The minimum atomic E-state index is -0.293. The van der Waals surface area contributed by atoms with Crippen molar-refractivity contribution in [2.75, 3.05) is 31.8 Å². The van der Waals surface area contributed by atoms with Crippen LogP contribution in [-0.4, -0.2) is 37.6 Å². The Morgan fingerprint density at radius 2 is 2.17 bits per heavy atom. The summed E-state index contributed by atoms with van der Waals surface area (Å²) >= 11 is 0. The molecule has 0 aliphatic carbocycles. The first-order valence-corrected chi connectivity index (χ1v) is 5.95. The third-order valence-corrected chi connectivity index (χ3v) is 2.51. The monoisotopic (exact) mass is 251 g/mol. The van der Waals surface area contributed by atoms with Crippen molar-refractivity contribution in [3.8, 4) is 5.75 Å². The number of nitrogen functional groups attached to an aromatic ring is 1. The average molecular weight is 251 g/mol. The highest BCUT2D eigenvalue weighted by atomic mass is 16.5. The van der Waals surface area contributed by atoms with Crippen molar-refractivity contribution in [3.05, 3.63) is 18.2 Å². The van der Waals surface area contributed by atoms with Crippen LogP contribution < -0.4 is 15.8 Å². The molecule has 0 aliphatic heterocycles. The zero-order valence-corrected chi connectivity index (χ0v) is 11.4. The van der Waals surface area contributed by atoms with Gasteiger partial charge in [-0.05, 0) is 26.0 Å². The van der Waals surface area contributed by atoms with Gasteiger partial charge in [-0.1, -0.05) is 0 Å². The second-order valence-electron chi connectivity index (χ2n) is 4.28. The summed E-state index contributed by atoms with van der Waals surface area (Å²) in [6.45, 7) is 4.27. The number of hydrogen-bond donors (Lipinski definition) is 2. The van der Waals surface area contributed by atoms with Gasteiger partial charge in [-0.25, -0.2) is 0 Å². The van der Waals surface area contributed by atoms with Gasteiger partial charge in [0.25, 0.3) is 0 Å². The maximum absolute atomic E-state index is 11.7. The van der Waals surface area contributed by atoms with E-state index in [0.717, 1.165) is 5.69 Å². The minimum Gasteiger partial charge on any atom is -0.492 e. The molecule has 5 nitrogen and oxygen atoms in total. The predicted molar refractivity (Wildman–Crippen MR) is 73.8 cm³/mol. The number of rotatable bonds is 5. The number of ether oxygens (including phenoxy) is 1. The van der Waals surface area contributed by atoms with Gasteiger partial charge < -0.3 is 20.7 Å². The quantitative estimate of drug-likeness (QED) is 0.779. The fourth-order valence-electron chi connectivity index (χ4n) is 1.60. The van der Waals surface area contributed by atoms with Crippen LogP contribution in [0, 0.1) is 0 Å². The average Bonchev–Trinajstić information content (AvgIpc) is 2.32. The van der Waals surface area contributed by atoms with Gasteiger partial charge in [-0.3, -0.25) is 4.79 Å². The van der Waals surface area contributed by atoms with E-state index in [0.29, 0.717) is 18.0 Å². The molecule has 1 amide bonds. The van der Waals surface area contributed by atoms with Crippen molar-refractivity contribution in [3.63, 3.8) is 0 Å². The molecule has 1 rings (SSSR count). The first-order chi connectivity index (χ1) is 8.45. The van der Waals surface area contributed by atoms with Gasteiger partial charge in [0.05, 0.1) is 12.3 Å². The Bertz CT molecular complexity index is 419. The fourth-order valence-corrected chi connectivity index (χ4v) is 1.60. The third kappa shape index (κ3) is 3.55. The molecule has 0 saturated carbocycles. The summed E-state index contributed by atoms with van der Waals surface area (Å²) in [6, 6.07) is 5.11. The minimum absolute atomic E-state index is 0.0183. The Morgan fingerprint density at radius 3 is 2.72 bits per heavy atom. The van der Waals surface area contributed by atoms with Gasteiger partial charge in [-0.2, -0.15) is 0 Å². The first-order valence-electron chi connectivity index (χ1n) is 5.95. The lowest BCUT2D eigenvalue weighted by Crippen LogP contribution is -2.36. The molecule has 18 heavy (non-hydrogen) atoms. The number of nitrogens with two attached hydrogens (primary N) is 1. The lowest BCUT2D eigenvalue weighted by atomic mass is 10.2. The zero-order chi connectivity index (χ0) is 13.7. The Balaban J connectivity index is 2.79. The van der Waals surface area contributed by atoms with Crippen LogP contribution in [0.25, 0.3) is 0 Å². The zero-order valence-electron chi connectivity index (χ0n) is 11.4. The number of nitrogens with zero attached hydrogens (tertiary/aromatic N) is 1. The number of benzene rings is 1. The Morgan fingerprint density at radius 1 is 1.50 bits per heavy atom. The van der Waals surface area contributed by atoms with Crippen LogP contribution in [0.5, 0.6) is 5.75 Å². The van der Waals surface area contributed by atoms with Crippen molar-refractivity contribution < 1.29 is 9.53 Å². The smallest absolute Gasteiger partial charge is 0.244 e. The topological polar surface area (TPSA) is 67.6 Å². The number of anilines is 2. The second-order valence-corrected chi connectivity index (χ2v) is 4.28. The van der Waals surface area contributed by atoms with E-state index in [1.807, 2.05) is 19.9 Å². The molecule has 0 radical (unpaired) electrons. The van der Waals surface area contributed by atoms with Crippen molar-refractivity contribution in [2.45, 2.75) is 19.9 Å². The molecule has 100 valence electrons. The van der Waals surface area contributed by atoms with Crippen LogP contribution in [0.4, 0.5) is 11.4 Å². The van der Waals surface area contributed by atoms with Gasteiger partial charge in [0.15, 0.2) is 0 Å². The fraction of sp³-hybridized carbons (Fsp3) is 0.462. The number of nitrogens with one attached hydrogen (secondary N) is 1.